The number of benzene rings is 2. The van der Waals surface area contributed by atoms with Gasteiger partial charge in [-0.15, -0.1) is 5.10 Å². The monoisotopic (exact) mass is 527 g/mol. The molecule has 1 aliphatic rings. The van der Waals surface area contributed by atoms with Gasteiger partial charge in [-0.3, -0.25) is 4.98 Å². The minimum Gasteiger partial charge on any atom is -0.383 e. The first kappa shape index (κ1) is 24.7. The van der Waals surface area contributed by atoms with Crippen LogP contribution in [0.3, 0.4) is 0 Å². The average molecular weight is 528 g/mol. The highest BCUT2D eigenvalue weighted by Crippen LogP contribution is 2.43. The Morgan fingerprint density at radius 1 is 1.15 bits per heavy atom. The standard InChI is InChI=1S/C29H28F2N8/c1-28(2,3)17-35-26-20(13-33)14-34-25-19(12-32)10-22(11-23(25)26)36-27(18-4-6-21(31)7-5-18)24-15-39(38-37-24)29(16-30)8-9-29/h4-7,10-11,14-15,27,36H,8-9,16-17H2,1-3H3,(H,34,35)/i27D. The molecular weight excluding hydrogens is 498 g/mol. The summed E-state index contributed by atoms with van der Waals surface area (Å²) in [6, 6.07) is 11.2. The van der Waals surface area contributed by atoms with E-state index in [1.807, 2.05) is 0 Å². The normalized spacial score (nSPS) is 16.0. The Balaban J connectivity index is 1.65. The van der Waals surface area contributed by atoms with E-state index in [4.69, 9.17) is 0 Å². The molecule has 0 radical (unpaired) electrons. The highest BCUT2D eigenvalue weighted by Gasteiger charge is 2.46. The summed E-state index contributed by atoms with van der Waals surface area (Å²) in [6.07, 6.45) is 4.21. The van der Waals surface area contributed by atoms with Crippen LogP contribution in [0.15, 0.2) is 48.8 Å². The average Bonchev–Trinajstić information content (AvgIpc) is 3.57. The highest BCUT2D eigenvalue weighted by atomic mass is 19.1. The van der Waals surface area contributed by atoms with Gasteiger partial charge in [0.25, 0.3) is 0 Å². The number of halogens is 2. The van der Waals surface area contributed by atoms with Gasteiger partial charge in [0.05, 0.1) is 41.5 Å². The largest absolute Gasteiger partial charge is 0.383 e. The van der Waals surface area contributed by atoms with Gasteiger partial charge < -0.3 is 10.6 Å². The molecule has 198 valence electrons. The van der Waals surface area contributed by atoms with Crippen molar-refractivity contribution in [2.75, 3.05) is 23.9 Å². The summed E-state index contributed by atoms with van der Waals surface area (Å²) < 4.78 is 38.6. The van der Waals surface area contributed by atoms with Gasteiger partial charge in [0.15, 0.2) is 0 Å². The first-order valence-electron chi connectivity index (χ1n) is 13.1. The van der Waals surface area contributed by atoms with Crippen LogP contribution in [0.4, 0.5) is 20.2 Å². The van der Waals surface area contributed by atoms with Crippen LogP contribution < -0.4 is 10.6 Å². The number of aromatic nitrogens is 4. The molecular formula is C29H28F2N8. The molecule has 2 heterocycles. The van der Waals surface area contributed by atoms with E-state index in [2.05, 4.69) is 58.8 Å². The van der Waals surface area contributed by atoms with Gasteiger partial charge >= 0.3 is 0 Å². The molecule has 1 aliphatic carbocycles. The Kier molecular flexibility index (Phi) is 6.32. The third-order valence-corrected chi connectivity index (χ3v) is 6.72. The molecule has 0 spiro atoms. The van der Waals surface area contributed by atoms with E-state index in [0.29, 0.717) is 52.8 Å². The lowest BCUT2D eigenvalue weighted by Crippen LogP contribution is -2.20. The Hall–Kier alpha value is -4.57. The van der Waals surface area contributed by atoms with E-state index >= 15 is 0 Å². The molecule has 2 N–H and O–H groups in total. The fourth-order valence-electron chi connectivity index (χ4n) is 4.31. The van der Waals surface area contributed by atoms with Crippen LogP contribution in [0.5, 0.6) is 0 Å². The van der Waals surface area contributed by atoms with Crippen molar-refractivity contribution in [2.24, 2.45) is 5.41 Å². The Labute approximate surface area is 226 Å². The van der Waals surface area contributed by atoms with Crippen LogP contribution in [-0.2, 0) is 5.54 Å². The van der Waals surface area contributed by atoms with Crippen molar-refractivity contribution in [1.82, 2.24) is 20.0 Å². The number of hydrogen-bond donors (Lipinski definition) is 2. The van der Waals surface area contributed by atoms with Crippen LogP contribution >= 0.6 is 0 Å². The molecule has 1 fully saturated rings. The molecule has 10 heteroatoms. The fourth-order valence-corrected chi connectivity index (χ4v) is 4.31. The second kappa shape index (κ2) is 9.95. The summed E-state index contributed by atoms with van der Waals surface area (Å²) in [5.74, 6) is -0.466. The van der Waals surface area contributed by atoms with Crippen molar-refractivity contribution in [3.05, 3.63) is 77.0 Å². The summed E-state index contributed by atoms with van der Waals surface area (Å²) >= 11 is 0. The predicted octanol–water partition coefficient (Wildman–Crippen LogP) is 5.83. The second-order valence-electron chi connectivity index (χ2n) is 11.0. The molecule has 4 aromatic rings. The number of alkyl halides is 1. The van der Waals surface area contributed by atoms with Gasteiger partial charge in [-0.05, 0) is 48.1 Å². The number of fused-ring (bicyclic) bond motifs is 1. The smallest absolute Gasteiger partial charge is 0.123 e. The Morgan fingerprint density at radius 3 is 2.49 bits per heavy atom. The number of nitrogens with zero attached hydrogens (tertiary/aromatic N) is 6. The summed E-state index contributed by atoms with van der Waals surface area (Å²) in [7, 11) is 0. The Bertz CT molecular complexity index is 1660. The second-order valence-corrected chi connectivity index (χ2v) is 11.0. The van der Waals surface area contributed by atoms with Gasteiger partial charge in [0.1, 0.15) is 30.3 Å². The molecule has 0 bridgehead atoms. The molecule has 2 aromatic heterocycles. The van der Waals surface area contributed by atoms with E-state index in [9.17, 15) is 20.7 Å². The molecule has 39 heavy (non-hydrogen) atoms. The molecule has 0 aliphatic heterocycles. The fraction of sp³-hybridized carbons (Fsp3) is 0.345. The van der Waals surface area contributed by atoms with Gasteiger partial charge in [0.2, 0.25) is 0 Å². The number of hydrogen-bond acceptors (Lipinski definition) is 7. The van der Waals surface area contributed by atoms with Gasteiger partial charge in [-0.2, -0.15) is 10.5 Å². The van der Waals surface area contributed by atoms with E-state index in [0.717, 1.165) is 0 Å². The van der Waals surface area contributed by atoms with Crippen molar-refractivity contribution in [3.8, 4) is 12.1 Å². The quantitative estimate of drug-likeness (QED) is 0.296. The lowest BCUT2D eigenvalue weighted by atomic mass is 9.96. The van der Waals surface area contributed by atoms with E-state index in [-0.39, 0.29) is 16.7 Å². The lowest BCUT2D eigenvalue weighted by Gasteiger charge is -2.22. The van der Waals surface area contributed by atoms with Crippen LogP contribution in [0.25, 0.3) is 10.9 Å². The lowest BCUT2D eigenvalue weighted by molar-refractivity contribution is 0.309. The zero-order chi connectivity index (χ0) is 28.7. The third-order valence-electron chi connectivity index (χ3n) is 6.72. The molecule has 0 amide bonds. The summed E-state index contributed by atoms with van der Waals surface area (Å²) in [5.41, 5.74) is 1.56. The maximum atomic E-state index is 13.8. The number of rotatable bonds is 8. The molecule has 8 nitrogen and oxygen atoms in total. The number of anilines is 2. The summed E-state index contributed by atoms with van der Waals surface area (Å²) in [5, 5.41) is 35.1. The summed E-state index contributed by atoms with van der Waals surface area (Å²) in [6.45, 7) is 6.13. The first-order chi connectivity index (χ1) is 19.0. The Morgan fingerprint density at radius 2 is 1.87 bits per heavy atom. The minimum absolute atomic E-state index is 0.0977. The van der Waals surface area contributed by atoms with Crippen LogP contribution in [0.2, 0.25) is 0 Å². The van der Waals surface area contributed by atoms with Gasteiger partial charge in [-0.1, -0.05) is 38.1 Å². The molecule has 0 saturated heterocycles. The molecule has 1 atom stereocenters. The van der Waals surface area contributed by atoms with Crippen molar-refractivity contribution >= 4 is 22.3 Å². The van der Waals surface area contributed by atoms with Gasteiger partial charge in [-0.25, -0.2) is 13.5 Å². The molecule has 2 aromatic carbocycles. The van der Waals surface area contributed by atoms with Crippen molar-refractivity contribution < 1.29 is 10.2 Å². The third kappa shape index (κ3) is 5.23. The van der Waals surface area contributed by atoms with Crippen LogP contribution in [0.1, 0.15) is 63.4 Å². The number of nitriles is 2. The van der Waals surface area contributed by atoms with Crippen LogP contribution in [-0.4, -0.2) is 33.2 Å². The maximum Gasteiger partial charge on any atom is 0.123 e. The predicted molar refractivity (Wildman–Crippen MR) is 144 cm³/mol. The van der Waals surface area contributed by atoms with Crippen LogP contribution in [0, 0.1) is 33.9 Å². The first-order valence-corrected chi connectivity index (χ1v) is 12.6. The minimum atomic E-state index is -1.78. The SMILES string of the molecule is [2H]C(Nc1cc(C#N)c2ncc(C#N)c(NCC(C)(C)C)c2c1)(c1ccc(F)cc1)c1cn(C2(CF)CC2)nn1. The van der Waals surface area contributed by atoms with E-state index in [1.54, 1.807) is 12.1 Å². The number of nitrogens with one attached hydrogen (secondary N) is 2. The van der Waals surface area contributed by atoms with E-state index < -0.39 is 24.0 Å². The summed E-state index contributed by atoms with van der Waals surface area (Å²) in [4.78, 5) is 4.38. The zero-order valence-electron chi connectivity index (χ0n) is 22.9. The maximum absolute atomic E-state index is 13.8. The highest BCUT2D eigenvalue weighted by molar-refractivity contribution is 5.99. The van der Waals surface area contributed by atoms with Crippen molar-refractivity contribution in [1.29, 1.82) is 10.5 Å². The van der Waals surface area contributed by atoms with E-state index in [1.165, 1.54) is 41.3 Å². The molecule has 1 saturated carbocycles. The molecule has 1 unspecified atom stereocenters. The zero-order valence-corrected chi connectivity index (χ0v) is 21.9. The number of pyridine rings is 1. The van der Waals surface area contributed by atoms with Gasteiger partial charge in [0, 0.05) is 23.8 Å². The van der Waals surface area contributed by atoms with Crippen molar-refractivity contribution in [2.45, 2.75) is 45.2 Å². The molecule has 5 rings (SSSR count). The topological polar surface area (TPSA) is 115 Å². The van der Waals surface area contributed by atoms with Crippen molar-refractivity contribution in [3.63, 3.8) is 0 Å².